The maximum atomic E-state index is 11.0. The molecule has 3 heteroatoms. The van der Waals surface area contributed by atoms with E-state index in [9.17, 15) is 4.79 Å². The summed E-state index contributed by atoms with van der Waals surface area (Å²) in [6.07, 6.45) is 4.78. The average molecular weight is 200 g/mol. The largest absolute Gasteiger partial charge is 0.463 e. The van der Waals surface area contributed by atoms with Crippen molar-refractivity contribution in [1.29, 1.82) is 0 Å². The summed E-state index contributed by atoms with van der Waals surface area (Å²) in [5.41, 5.74) is 0. The van der Waals surface area contributed by atoms with Gasteiger partial charge in [-0.25, -0.2) is 4.79 Å². The normalized spacial score (nSPS) is 28.2. The van der Waals surface area contributed by atoms with Gasteiger partial charge < -0.3 is 4.74 Å². The zero-order valence-corrected chi connectivity index (χ0v) is 8.97. The molecule has 0 aromatic carbocycles. The van der Waals surface area contributed by atoms with Crippen LogP contribution in [0, 0.1) is 5.92 Å². The van der Waals surface area contributed by atoms with Crippen molar-refractivity contribution >= 4 is 17.7 Å². The van der Waals surface area contributed by atoms with Crippen molar-refractivity contribution in [2.24, 2.45) is 5.92 Å². The third kappa shape index (κ3) is 3.43. The van der Waals surface area contributed by atoms with Gasteiger partial charge in [-0.3, -0.25) is 0 Å². The fourth-order valence-corrected chi connectivity index (χ4v) is 2.76. The number of hydrogen-bond acceptors (Lipinski definition) is 3. The molecule has 0 spiro atoms. The van der Waals surface area contributed by atoms with Crippen LogP contribution in [0.4, 0.5) is 0 Å². The van der Waals surface area contributed by atoms with Crippen molar-refractivity contribution in [3.63, 3.8) is 0 Å². The van der Waals surface area contributed by atoms with Crippen LogP contribution in [0.25, 0.3) is 0 Å². The third-order valence-electron chi connectivity index (χ3n) is 2.15. The topological polar surface area (TPSA) is 26.3 Å². The van der Waals surface area contributed by atoms with Gasteiger partial charge in [0.25, 0.3) is 0 Å². The monoisotopic (exact) mass is 200 g/mol. The zero-order valence-electron chi connectivity index (χ0n) is 8.16. The lowest BCUT2D eigenvalue weighted by molar-refractivity contribution is -0.137. The fourth-order valence-electron chi connectivity index (χ4n) is 1.33. The molecule has 0 bridgehead atoms. The van der Waals surface area contributed by atoms with Crippen molar-refractivity contribution in [2.75, 3.05) is 12.4 Å². The van der Waals surface area contributed by atoms with Crippen molar-refractivity contribution in [3.05, 3.63) is 12.2 Å². The molecular weight excluding hydrogens is 184 g/mol. The summed E-state index contributed by atoms with van der Waals surface area (Å²) in [6, 6.07) is 0. The zero-order chi connectivity index (χ0) is 9.68. The quantitative estimate of drug-likeness (QED) is 0.516. The first-order valence-electron chi connectivity index (χ1n) is 4.70. The van der Waals surface area contributed by atoms with Crippen molar-refractivity contribution in [2.45, 2.75) is 25.5 Å². The van der Waals surface area contributed by atoms with Gasteiger partial charge in [0.1, 0.15) is 0 Å². The highest BCUT2D eigenvalue weighted by Gasteiger charge is 2.21. The first kappa shape index (κ1) is 10.6. The molecule has 2 unspecified atom stereocenters. The predicted octanol–water partition coefficient (Wildman–Crippen LogP) is 2.25. The van der Waals surface area contributed by atoms with E-state index in [-0.39, 0.29) is 5.97 Å². The molecule has 1 aliphatic rings. The molecule has 13 heavy (non-hydrogen) atoms. The highest BCUT2D eigenvalue weighted by atomic mass is 32.2. The van der Waals surface area contributed by atoms with Crippen LogP contribution in [0.15, 0.2) is 12.2 Å². The summed E-state index contributed by atoms with van der Waals surface area (Å²) >= 11 is 1.92. The van der Waals surface area contributed by atoms with Gasteiger partial charge in [-0.2, -0.15) is 11.8 Å². The van der Waals surface area contributed by atoms with Gasteiger partial charge in [-0.15, -0.1) is 0 Å². The number of ether oxygens (including phenoxy) is 1. The molecule has 1 aliphatic heterocycles. The third-order valence-corrected chi connectivity index (χ3v) is 3.63. The lowest BCUT2D eigenvalue weighted by atomic mass is 10.1. The molecular formula is C10H16O2S. The lowest BCUT2D eigenvalue weighted by Gasteiger charge is -2.07. The minimum Gasteiger partial charge on any atom is -0.463 e. The first-order valence-corrected chi connectivity index (χ1v) is 5.75. The van der Waals surface area contributed by atoms with Gasteiger partial charge in [0, 0.05) is 11.3 Å². The van der Waals surface area contributed by atoms with Gasteiger partial charge in [0.05, 0.1) is 6.61 Å². The molecule has 1 heterocycles. The smallest absolute Gasteiger partial charge is 0.330 e. The molecule has 2 atom stereocenters. The van der Waals surface area contributed by atoms with Crippen LogP contribution < -0.4 is 0 Å². The maximum absolute atomic E-state index is 11.0. The minimum absolute atomic E-state index is 0.220. The number of esters is 1. The molecule has 2 nitrogen and oxygen atoms in total. The van der Waals surface area contributed by atoms with E-state index in [0.717, 1.165) is 0 Å². The van der Waals surface area contributed by atoms with Crippen LogP contribution in [0.2, 0.25) is 0 Å². The van der Waals surface area contributed by atoms with Crippen LogP contribution in [0.5, 0.6) is 0 Å². The Kier molecular flexibility index (Phi) is 4.36. The predicted molar refractivity (Wildman–Crippen MR) is 55.8 cm³/mol. The highest BCUT2D eigenvalue weighted by Crippen LogP contribution is 2.32. The Morgan fingerprint density at radius 2 is 2.46 bits per heavy atom. The Morgan fingerprint density at radius 1 is 1.69 bits per heavy atom. The molecule has 0 N–H and O–H groups in total. The van der Waals surface area contributed by atoms with E-state index in [0.29, 0.717) is 17.8 Å². The number of hydrogen-bond donors (Lipinski definition) is 0. The van der Waals surface area contributed by atoms with Gasteiger partial charge >= 0.3 is 5.97 Å². The van der Waals surface area contributed by atoms with E-state index in [1.54, 1.807) is 6.08 Å². The summed E-state index contributed by atoms with van der Waals surface area (Å²) in [4.78, 5) is 11.0. The van der Waals surface area contributed by atoms with Gasteiger partial charge in [-0.1, -0.05) is 13.0 Å². The van der Waals surface area contributed by atoms with Gasteiger partial charge in [0.2, 0.25) is 0 Å². The first-order chi connectivity index (χ1) is 6.24. The summed E-state index contributed by atoms with van der Waals surface area (Å²) in [5.74, 6) is 1.68. The highest BCUT2D eigenvalue weighted by molar-refractivity contribution is 8.00. The molecule has 0 aromatic rings. The minimum atomic E-state index is -0.220. The number of carbonyl (C=O) groups is 1. The Morgan fingerprint density at radius 3 is 3.00 bits per heavy atom. The summed E-state index contributed by atoms with van der Waals surface area (Å²) < 4.78 is 4.80. The second kappa shape index (κ2) is 5.32. The van der Waals surface area contributed by atoms with Crippen molar-refractivity contribution in [3.8, 4) is 0 Å². The second-order valence-corrected chi connectivity index (χ2v) is 4.50. The molecule has 0 saturated carbocycles. The summed E-state index contributed by atoms with van der Waals surface area (Å²) in [7, 11) is 0. The van der Waals surface area contributed by atoms with E-state index in [4.69, 9.17) is 4.74 Å². The number of thioether (sulfide) groups is 1. The molecule has 0 aromatic heterocycles. The summed E-state index contributed by atoms with van der Waals surface area (Å²) in [5, 5.41) is 0.504. The Hall–Kier alpha value is -0.440. The maximum Gasteiger partial charge on any atom is 0.330 e. The van der Waals surface area contributed by atoms with Crippen molar-refractivity contribution in [1.82, 2.24) is 0 Å². The van der Waals surface area contributed by atoms with Crippen LogP contribution in [-0.4, -0.2) is 23.6 Å². The van der Waals surface area contributed by atoms with E-state index in [1.165, 1.54) is 12.2 Å². The number of carbonyl (C=O) groups excluding carboxylic acids is 1. The van der Waals surface area contributed by atoms with Crippen molar-refractivity contribution < 1.29 is 9.53 Å². The standard InChI is InChI=1S/C10H16O2S/c1-3-12-10(11)5-4-9-8(2)6-7-13-9/h4-5,8-9H,3,6-7H2,1-2H3/b5-4+. The van der Waals surface area contributed by atoms with E-state index in [1.807, 2.05) is 24.8 Å². The molecule has 1 saturated heterocycles. The van der Waals surface area contributed by atoms with Crippen LogP contribution in [0.3, 0.4) is 0 Å². The number of rotatable bonds is 3. The van der Waals surface area contributed by atoms with Crippen LogP contribution in [0.1, 0.15) is 20.3 Å². The second-order valence-electron chi connectivity index (χ2n) is 3.21. The van der Waals surface area contributed by atoms with E-state index < -0.39 is 0 Å². The molecule has 1 fully saturated rings. The Bertz CT molecular complexity index is 201. The van der Waals surface area contributed by atoms with E-state index in [2.05, 4.69) is 6.92 Å². The van der Waals surface area contributed by atoms with Crippen LogP contribution >= 0.6 is 11.8 Å². The fraction of sp³-hybridized carbons (Fsp3) is 0.700. The molecule has 1 rings (SSSR count). The molecule has 74 valence electrons. The summed E-state index contributed by atoms with van der Waals surface area (Å²) in [6.45, 7) is 4.50. The van der Waals surface area contributed by atoms with Gasteiger partial charge in [0.15, 0.2) is 0 Å². The Labute approximate surface area is 83.7 Å². The van der Waals surface area contributed by atoms with E-state index >= 15 is 0 Å². The SMILES string of the molecule is CCOC(=O)/C=C/C1SCCC1C. The average Bonchev–Trinajstić information content (AvgIpc) is 2.48. The lowest BCUT2D eigenvalue weighted by Crippen LogP contribution is -2.06. The van der Waals surface area contributed by atoms with Gasteiger partial charge in [-0.05, 0) is 25.0 Å². The molecule has 0 amide bonds. The molecule has 0 aliphatic carbocycles. The van der Waals surface area contributed by atoms with Crippen LogP contribution in [-0.2, 0) is 9.53 Å². The Balaban J connectivity index is 2.34. The molecule has 0 radical (unpaired) electrons.